The van der Waals surface area contributed by atoms with Gasteiger partial charge in [-0.1, -0.05) is 78.3 Å². The third kappa shape index (κ3) is 5.12. The molecule has 7 nitrogen and oxygen atoms in total. The molecule has 0 saturated carbocycles. The number of nitro groups is 1. The molecule has 1 aliphatic heterocycles. The van der Waals surface area contributed by atoms with Gasteiger partial charge in [-0.25, -0.2) is 0 Å². The van der Waals surface area contributed by atoms with Gasteiger partial charge in [-0.15, -0.1) is 0 Å². The molecule has 0 saturated heterocycles. The van der Waals surface area contributed by atoms with Gasteiger partial charge in [0.25, 0.3) is 11.6 Å². The Morgan fingerprint density at radius 1 is 0.892 bits per heavy atom. The van der Waals surface area contributed by atoms with Crippen molar-refractivity contribution in [2.45, 2.75) is 6.61 Å². The zero-order valence-electron chi connectivity index (χ0n) is 19.5. The van der Waals surface area contributed by atoms with E-state index in [0.29, 0.717) is 33.3 Å². The minimum Gasteiger partial charge on any atom is -0.488 e. The van der Waals surface area contributed by atoms with Crippen LogP contribution in [0.2, 0.25) is 5.02 Å². The van der Waals surface area contributed by atoms with E-state index in [1.807, 2.05) is 72.8 Å². The van der Waals surface area contributed by atoms with Crippen LogP contribution in [0.4, 0.5) is 11.4 Å². The number of para-hydroxylation sites is 1. The molecule has 5 rings (SSSR count). The highest BCUT2D eigenvalue weighted by molar-refractivity contribution is 6.37. The Labute approximate surface area is 218 Å². The van der Waals surface area contributed by atoms with Crippen molar-refractivity contribution in [2.24, 2.45) is 5.10 Å². The van der Waals surface area contributed by atoms with E-state index in [0.717, 1.165) is 11.1 Å². The fraction of sp³-hybridized carbons (Fsp3) is 0.0345. The lowest BCUT2D eigenvalue weighted by Crippen LogP contribution is -2.21. The largest absolute Gasteiger partial charge is 0.488 e. The summed E-state index contributed by atoms with van der Waals surface area (Å²) in [5.74, 6) is 0.234. The maximum absolute atomic E-state index is 13.6. The standard InChI is InChI=1S/C29H20ClN3O4/c30-26-12-6-4-11-22(26)19-37-27-13-7-5-10-21(27)18-25-28(20-8-2-1-3-9-20)31-32(29(25)34)23-14-16-24(17-15-23)33(35)36/h1-18H,19H2/b25-18-. The lowest BCUT2D eigenvalue weighted by Gasteiger charge is -2.12. The van der Waals surface area contributed by atoms with Crippen molar-refractivity contribution >= 4 is 40.7 Å². The number of nitrogens with zero attached hydrogens (tertiary/aromatic N) is 3. The summed E-state index contributed by atoms with van der Waals surface area (Å²) in [5, 5.41) is 17.5. The van der Waals surface area contributed by atoms with E-state index in [1.165, 1.54) is 29.3 Å². The van der Waals surface area contributed by atoms with Gasteiger partial charge >= 0.3 is 0 Å². The molecular weight excluding hydrogens is 490 g/mol. The van der Waals surface area contributed by atoms with Crippen LogP contribution < -0.4 is 9.75 Å². The fourth-order valence-corrected chi connectivity index (χ4v) is 4.09. The molecule has 0 N–H and O–H groups in total. The highest BCUT2D eigenvalue weighted by atomic mass is 35.5. The lowest BCUT2D eigenvalue weighted by molar-refractivity contribution is -0.384. The van der Waals surface area contributed by atoms with E-state index in [1.54, 1.807) is 12.1 Å². The number of hydrazone groups is 1. The summed E-state index contributed by atoms with van der Waals surface area (Å²) in [5.41, 5.74) is 3.54. The first-order chi connectivity index (χ1) is 18.0. The van der Waals surface area contributed by atoms with Gasteiger partial charge in [-0.3, -0.25) is 14.9 Å². The van der Waals surface area contributed by atoms with Crippen LogP contribution in [0.15, 0.2) is 114 Å². The SMILES string of the molecule is O=C1/C(=C\c2ccccc2OCc2ccccc2Cl)C(c2ccccc2)=NN1c1ccc([N+](=O)[O-])cc1. The van der Waals surface area contributed by atoms with Crippen molar-refractivity contribution in [3.05, 3.63) is 141 Å². The van der Waals surface area contributed by atoms with Crippen molar-refractivity contribution in [2.75, 3.05) is 5.01 Å². The first kappa shape index (κ1) is 24.0. The molecule has 0 radical (unpaired) electrons. The van der Waals surface area contributed by atoms with E-state index < -0.39 is 4.92 Å². The molecule has 37 heavy (non-hydrogen) atoms. The van der Waals surface area contributed by atoms with Crippen LogP contribution in [0.3, 0.4) is 0 Å². The second kappa shape index (κ2) is 10.5. The number of halogens is 1. The van der Waals surface area contributed by atoms with E-state index in [2.05, 4.69) is 5.10 Å². The predicted molar refractivity (Wildman–Crippen MR) is 144 cm³/mol. The number of carbonyl (C=O) groups excluding carboxylic acids is 1. The molecule has 8 heteroatoms. The molecule has 0 spiro atoms. The van der Waals surface area contributed by atoms with Crippen molar-refractivity contribution in [3.63, 3.8) is 0 Å². The molecule has 0 aromatic heterocycles. The van der Waals surface area contributed by atoms with Crippen LogP contribution >= 0.6 is 11.6 Å². The van der Waals surface area contributed by atoms with Crippen molar-refractivity contribution in [1.29, 1.82) is 0 Å². The molecule has 1 amide bonds. The summed E-state index contributed by atoms with van der Waals surface area (Å²) >= 11 is 6.28. The number of hydrogen-bond acceptors (Lipinski definition) is 5. The highest BCUT2D eigenvalue weighted by Crippen LogP contribution is 2.31. The minimum absolute atomic E-state index is 0.0666. The third-order valence-corrected chi connectivity index (χ3v) is 6.16. The molecule has 0 bridgehead atoms. The maximum Gasteiger partial charge on any atom is 0.281 e. The number of carbonyl (C=O) groups is 1. The first-order valence-corrected chi connectivity index (χ1v) is 11.8. The Bertz CT molecular complexity index is 1530. The van der Waals surface area contributed by atoms with Gasteiger partial charge in [-0.05, 0) is 30.3 Å². The molecule has 0 unspecified atom stereocenters. The number of anilines is 1. The average molecular weight is 510 g/mol. The molecule has 4 aromatic carbocycles. The normalized spacial score (nSPS) is 14.1. The number of hydrogen-bond donors (Lipinski definition) is 0. The summed E-state index contributed by atoms with van der Waals surface area (Å²) in [6, 6.07) is 29.9. The third-order valence-electron chi connectivity index (χ3n) is 5.79. The summed E-state index contributed by atoms with van der Waals surface area (Å²) in [7, 11) is 0. The molecule has 4 aromatic rings. The minimum atomic E-state index is -0.487. The van der Waals surface area contributed by atoms with E-state index in [4.69, 9.17) is 16.3 Å². The highest BCUT2D eigenvalue weighted by Gasteiger charge is 2.32. The number of rotatable bonds is 7. The molecule has 0 atom stereocenters. The zero-order chi connectivity index (χ0) is 25.8. The summed E-state index contributed by atoms with van der Waals surface area (Å²) in [6.45, 7) is 0.266. The molecule has 1 heterocycles. The Morgan fingerprint density at radius 2 is 1.57 bits per heavy atom. The quantitative estimate of drug-likeness (QED) is 0.158. The topological polar surface area (TPSA) is 85.0 Å². The van der Waals surface area contributed by atoms with Gasteiger partial charge in [0, 0.05) is 33.8 Å². The smallest absolute Gasteiger partial charge is 0.281 e. The van der Waals surface area contributed by atoms with Crippen LogP contribution in [0.1, 0.15) is 16.7 Å². The van der Waals surface area contributed by atoms with Gasteiger partial charge in [0.2, 0.25) is 0 Å². The van der Waals surface area contributed by atoms with E-state index in [-0.39, 0.29) is 18.2 Å². The van der Waals surface area contributed by atoms with Gasteiger partial charge in [0.1, 0.15) is 18.1 Å². The second-order valence-electron chi connectivity index (χ2n) is 8.18. The van der Waals surface area contributed by atoms with Crippen LogP contribution in [0, 0.1) is 10.1 Å². The number of non-ortho nitro benzene ring substituents is 1. The number of benzene rings is 4. The van der Waals surface area contributed by atoms with Gasteiger partial charge in [0.05, 0.1) is 16.2 Å². The summed E-state index contributed by atoms with van der Waals surface area (Å²) in [4.78, 5) is 24.2. The van der Waals surface area contributed by atoms with Gasteiger partial charge < -0.3 is 4.74 Å². The Hall–Kier alpha value is -4.75. The summed E-state index contributed by atoms with van der Waals surface area (Å²) in [6.07, 6.45) is 1.75. The lowest BCUT2D eigenvalue weighted by atomic mass is 10.00. The van der Waals surface area contributed by atoms with E-state index in [9.17, 15) is 14.9 Å². The number of ether oxygens (including phenoxy) is 1. The monoisotopic (exact) mass is 509 g/mol. The van der Waals surface area contributed by atoms with Crippen molar-refractivity contribution < 1.29 is 14.5 Å². The number of nitro benzene ring substituents is 1. The van der Waals surface area contributed by atoms with Crippen LogP contribution in [-0.2, 0) is 11.4 Å². The van der Waals surface area contributed by atoms with Crippen molar-refractivity contribution in [1.82, 2.24) is 0 Å². The average Bonchev–Trinajstić information content (AvgIpc) is 3.25. The molecule has 1 aliphatic rings. The summed E-state index contributed by atoms with van der Waals surface area (Å²) < 4.78 is 6.08. The Kier molecular flexibility index (Phi) is 6.78. The molecule has 182 valence electrons. The second-order valence-corrected chi connectivity index (χ2v) is 8.59. The van der Waals surface area contributed by atoms with Gasteiger partial charge in [-0.2, -0.15) is 10.1 Å². The molecule has 0 aliphatic carbocycles. The van der Waals surface area contributed by atoms with Crippen molar-refractivity contribution in [3.8, 4) is 5.75 Å². The zero-order valence-corrected chi connectivity index (χ0v) is 20.2. The Morgan fingerprint density at radius 3 is 2.30 bits per heavy atom. The number of amides is 1. The molecule has 0 fully saturated rings. The first-order valence-electron chi connectivity index (χ1n) is 11.4. The van der Waals surface area contributed by atoms with Crippen LogP contribution in [-0.4, -0.2) is 16.5 Å². The maximum atomic E-state index is 13.6. The van der Waals surface area contributed by atoms with Gasteiger partial charge in [0.15, 0.2) is 0 Å². The predicted octanol–water partition coefficient (Wildman–Crippen LogP) is 6.66. The molecular formula is C29H20ClN3O4. The fourth-order valence-electron chi connectivity index (χ4n) is 3.90. The van der Waals surface area contributed by atoms with Crippen LogP contribution in [0.25, 0.3) is 6.08 Å². The Balaban J connectivity index is 1.52. The van der Waals surface area contributed by atoms with E-state index >= 15 is 0 Å². The van der Waals surface area contributed by atoms with Crippen LogP contribution in [0.5, 0.6) is 5.75 Å².